The van der Waals surface area contributed by atoms with Crippen molar-refractivity contribution in [1.29, 1.82) is 0 Å². The van der Waals surface area contributed by atoms with Gasteiger partial charge < -0.3 is 24.4 Å². The number of para-hydroxylation sites is 1. The second kappa shape index (κ2) is 7.31. The van der Waals surface area contributed by atoms with Crippen LogP contribution >= 0.6 is 0 Å². The zero-order valence-electron chi connectivity index (χ0n) is 13.5. The molecule has 2 aliphatic heterocycles. The Kier molecular flexibility index (Phi) is 5.18. The van der Waals surface area contributed by atoms with Crippen LogP contribution in [0.15, 0.2) is 18.2 Å². The van der Waals surface area contributed by atoms with Gasteiger partial charge in [0, 0.05) is 25.2 Å². The standard InChI is InChI=1S/C17H26N2O3/c1-19-9-4-5-13(12-19)22-15-7-3-6-14(17(15)20-2)16-11-18-8-10-21-16/h3,6-7,13,16,18H,4-5,8-12H2,1-2H3. The van der Waals surface area contributed by atoms with Crippen molar-refractivity contribution >= 4 is 0 Å². The van der Waals surface area contributed by atoms with Crippen LogP contribution in [0.4, 0.5) is 0 Å². The minimum Gasteiger partial charge on any atom is -0.492 e. The Morgan fingerprint density at radius 3 is 3.00 bits per heavy atom. The van der Waals surface area contributed by atoms with Gasteiger partial charge in [-0.15, -0.1) is 0 Å². The molecule has 2 aliphatic rings. The molecule has 1 N–H and O–H groups in total. The highest BCUT2D eigenvalue weighted by Crippen LogP contribution is 2.37. The second-order valence-electron chi connectivity index (χ2n) is 6.09. The van der Waals surface area contributed by atoms with Gasteiger partial charge in [-0.2, -0.15) is 0 Å². The van der Waals surface area contributed by atoms with Crippen molar-refractivity contribution < 1.29 is 14.2 Å². The first-order chi connectivity index (χ1) is 10.8. The summed E-state index contributed by atoms with van der Waals surface area (Å²) in [5.74, 6) is 1.64. The third kappa shape index (κ3) is 3.54. The molecule has 0 radical (unpaired) electrons. The van der Waals surface area contributed by atoms with E-state index in [1.165, 1.54) is 6.42 Å². The molecule has 122 valence electrons. The highest BCUT2D eigenvalue weighted by atomic mass is 16.5. The number of likely N-dealkylation sites (tertiary alicyclic amines) is 1. The first-order valence-corrected chi connectivity index (χ1v) is 8.12. The average molecular weight is 306 g/mol. The molecule has 5 nitrogen and oxygen atoms in total. The van der Waals surface area contributed by atoms with Gasteiger partial charge in [0.05, 0.1) is 19.8 Å². The van der Waals surface area contributed by atoms with Crippen molar-refractivity contribution in [2.24, 2.45) is 0 Å². The molecule has 2 saturated heterocycles. The van der Waals surface area contributed by atoms with Crippen LogP contribution in [0, 0.1) is 0 Å². The molecule has 2 unspecified atom stereocenters. The van der Waals surface area contributed by atoms with Gasteiger partial charge in [-0.25, -0.2) is 0 Å². The van der Waals surface area contributed by atoms with Crippen LogP contribution < -0.4 is 14.8 Å². The smallest absolute Gasteiger partial charge is 0.166 e. The van der Waals surface area contributed by atoms with Crippen LogP contribution in [0.2, 0.25) is 0 Å². The lowest BCUT2D eigenvalue weighted by Gasteiger charge is -2.31. The number of morpholine rings is 1. The Morgan fingerprint density at radius 2 is 2.27 bits per heavy atom. The van der Waals surface area contributed by atoms with Crippen molar-refractivity contribution in [3.05, 3.63) is 23.8 Å². The minimum absolute atomic E-state index is 0.0290. The topological polar surface area (TPSA) is 43.0 Å². The zero-order valence-corrected chi connectivity index (χ0v) is 13.5. The molecule has 2 atom stereocenters. The lowest BCUT2D eigenvalue weighted by atomic mass is 10.1. The van der Waals surface area contributed by atoms with E-state index >= 15 is 0 Å². The number of likely N-dealkylation sites (N-methyl/N-ethyl adjacent to an activating group) is 1. The van der Waals surface area contributed by atoms with Crippen LogP contribution in [0.3, 0.4) is 0 Å². The lowest BCUT2D eigenvalue weighted by Crippen LogP contribution is -2.38. The quantitative estimate of drug-likeness (QED) is 0.919. The molecule has 0 bridgehead atoms. The van der Waals surface area contributed by atoms with E-state index in [4.69, 9.17) is 14.2 Å². The number of benzene rings is 1. The first kappa shape index (κ1) is 15.6. The largest absolute Gasteiger partial charge is 0.492 e. The maximum Gasteiger partial charge on any atom is 0.166 e. The van der Waals surface area contributed by atoms with Crippen molar-refractivity contribution in [3.8, 4) is 11.5 Å². The molecule has 0 saturated carbocycles. The number of piperidine rings is 1. The minimum atomic E-state index is 0.0290. The Bertz CT molecular complexity index is 489. The number of hydrogen-bond donors (Lipinski definition) is 1. The van der Waals surface area contributed by atoms with E-state index in [-0.39, 0.29) is 12.2 Å². The predicted molar refractivity (Wildman–Crippen MR) is 85.7 cm³/mol. The van der Waals surface area contributed by atoms with E-state index < -0.39 is 0 Å². The van der Waals surface area contributed by atoms with Crippen molar-refractivity contribution in [1.82, 2.24) is 10.2 Å². The zero-order chi connectivity index (χ0) is 15.4. The van der Waals surface area contributed by atoms with E-state index in [0.29, 0.717) is 0 Å². The van der Waals surface area contributed by atoms with Gasteiger partial charge in [-0.1, -0.05) is 12.1 Å². The van der Waals surface area contributed by atoms with Gasteiger partial charge >= 0.3 is 0 Å². The molecule has 2 fully saturated rings. The summed E-state index contributed by atoms with van der Waals surface area (Å²) < 4.78 is 17.8. The van der Waals surface area contributed by atoms with E-state index in [9.17, 15) is 0 Å². The SMILES string of the molecule is COc1c(OC2CCCN(C)C2)cccc1C1CNCCO1. The average Bonchev–Trinajstić information content (AvgIpc) is 2.55. The number of ether oxygens (including phenoxy) is 3. The Hall–Kier alpha value is -1.30. The normalized spacial score (nSPS) is 26.6. The summed E-state index contributed by atoms with van der Waals surface area (Å²) in [6.45, 7) is 4.56. The number of nitrogens with zero attached hydrogens (tertiary/aromatic N) is 1. The summed E-state index contributed by atoms with van der Waals surface area (Å²) in [7, 11) is 3.85. The molecule has 2 heterocycles. The van der Waals surface area contributed by atoms with Crippen LogP contribution in [-0.4, -0.2) is 57.9 Å². The van der Waals surface area contributed by atoms with Crippen molar-refractivity contribution in [2.75, 3.05) is 46.9 Å². The molecule has 22 heavy (non-hydrogen) atoms. The van der Waals surface area contributed by atoms with Gasteiger partial charge in [0.15, 0.2) is 11.5 Å². The summed E-state index contributed by atoms with van der Waals surface area (Å²) in [5, 5.41) is 3.36. The number of hydrogen-bond acceptors (Lipinski definition) is 5. The van der Waals surface area contributed by atoms with Gasteiger partial charge in [-0.05, 0) is 32.5 Å². The fourth-order valence-corrected chi connectivity index (χ4v) is 3.26. The maximum atomic E-state index is 6.24. The highest BCUT2D eigenvalue weighted by Gasteiger charge is 2.24. The first-order valence-electron chi connectivity index (χ1n) is 8.12. The fourth-order valence-electron chi connectivity index (χ4n) is 3.26. The molecule has 0 amide bonds. The van der Waals surface area contributed by atoms with Crippen molar-refractivity contribution in [2.45, 2.75) is 25.0 Å². The molecular formula is C17H26N2O3. The monoisotopic (exact) mass is 306 g/mol. The van der Waals surface area contributed by atoms with E-state index in [0.717, 1.165) is 56.3 Å². The molecule has 1 aromatic carbocycles. The third-order valence-corrected chi connectivity index (χ3v) is 4.36. The predicted octanol–water partition coefficient (Wildman–Crippen LogP) is 1.83. The molecule has 0 aromatic heterocycles. The lowest BCUT2D eigenvalue weighted by molar-refractivity contribution is 0.0256. The van der Waals surface area contributed by atoms with Crippen LogP contribution in [0.25, 0.3) is 0 Å². The summed E-state index contributed by atoms with van der Waals surface area (Å²) in [4.78, 5) is 2.32. The van der Waals surface area contributed by atoms with Gasteiger partial charge in [0.2, 0.25) is 0 Å². The summed E-state index contributed by atoms with van der Waals surface area (Å²) in [6.07, 6.45) is 2.53. The van der Waals surface area contributed by atoms with E-state index in [2.05, 4.69) is 23.3 Å². The molecule has 5 heteroatoms. The number of nitrogens with one attached hydrogen (secondary N) is 1. The van der Waals surface area contributed by atoms with Gasteiger partial charge in [-0.3, -0.25) is 0 Å². The Morgan fingerprint density at radius 1 is 1.36 bits per heavy atom. The third-order valence-electron chi connectivity index (χ3n) is 4.36. The van der Waals surface area contributed by atoms with E-state index in [1.54, 1.807) is 7.11 Å². The van der Waals surface area contributed by atoms with Gasteiger partial charge in [0.1, 0.15) is 6.10 Å². The maximum absolute atomic E-state index is 6.24. The van der Waals surface area contributed by atoms with Crippen LogP contribution in [0.1, 0.15) is 24.5 Å². The summed E-state index contributed by atoms with van der Waals surface area (Å²) >= 11 is 0. The number of rotatable bonds is 4. The molecule has 1 aromatic rings. The Balaban J connectivity index is 1.78. The highest BCUT2D eigenvalue weighted by molar-refractivity contribution is 5.48. The number of methoxy groups -OCH3 is 1. The van der Waals surface area contributed by atoms with Crippen molar-refractivity contribution in [3.63, 3.8) is 0 Å². The molecule has 3 rings (SSSR count). The van der Waals surface area contributed by atoms with Crippen LogP contribution in [0.5, 0.6) is 11.5 Å². The molecule has 0 spiro atoms. The molecule has 0 aliphatic carbocycles. The Labute approximate surface area is 132 Å². The molecular weight excluding hydrogens is 280 g/mol. The summed E-state index contributed by atoms with van der Waals surface area (Å²) in [6, 6.07) is 6.08. The summed E-state index contributed by atoms with van der Waals surface area (Å²) in [5.41, 5.74) is 1.07. The second-order valence-corrected chi connectivity index (χ2v) is 6.09. The van der Waals surface area contributed by atoms with Crippen LogP contribution in [-0.2, 0) is 4.74 Å². The van der Waals surface area contributed by atoms with Gasteiger partial charge in [0.25, 0.3) is 0 Å². The van der Waals surface area contributed by atoms with E-state index in [1.807, 2.05) is 12.1 Å². The fraction of sp³-hybridized carbons (Fsp3) is 0.647.